The van der Waals surface area contributed by atoms with E-state index in [1.165, 1.54) is 18.3 Å². The van der Waals surface area contributed by atoms with E-state index in [0.29, 0.717) is 24.7 Å². The summed E-state index contributed by atoms with van der Waals surface area (Å²) in [4.78, 5) is 28.0. The Morgan fingerprint density at radius 3 is 2.35 bits per heavy atom. The number of fused-ring (bicyclic) bond motifs is 1. The van der Waals surface area contributed by atoms with Gasteiger partial charge in [-0.2, -0.15) is 0 Å². The number of amides is 1. The second kappa shape index (κ2) is 10.5. The monoisotopic (exact) mass is 458 g/mol. The van der Waals surface area contributed by atoms with Crippen molar-refractivity contribution in [2.24, 2.45) is 0 Å². The fourth-order valence-electron chi connectivity index (χ4n) is 3.28. The normalized spacial score (nSPS) is 10.6. The van der Waals surface area contributed by atoms with Crippen LogP contribution < -0.4 is 14.8 Å². The first kappa shape index (κ1) is 22.8. The van der Waals surface area contributed by atoms with Crippen molar-refractivity contribution in [3.8, 4) is 17.4 Å². The number of ether oxygens (including phenoxy) is 2. The zero-order chi connectivity index (χ0) is 23.9. The van der Waals surface area contributed by atoms with E-state index in [4.69, 9.17) is 14.6 Å². The van der Waals surface area contributed by atoms with Gasteiger partial charge in [-0.05, 0) is 53.2 Å². The average molecular weight is 458 g/mol. The lowest BCUT2D eigenvalue weighted by Gasteiger charge is -2.10. The minimum atomic E-state index is -1.13. The highest BCUT2D eigenvalue weighted by molar-refractivity contribution is 6.07. The van der Waals surface area contributed by atoms with Crippen LogP contribution in [0, 0.1) is 0 Å². The molecule has 4 aromatic rings. The second-order valence-electron chi connectivity index (χ2n) is 7.39. The Kier molecular flexibility index (Phi) is 7.00. The molecule has 0 aliphatic carbocycles. The predicted molar refractivity (Wildman–Crippen MR) is 127 cm³/mol. The highest BCUT2D eigenvalue weighted by Gasteiger charge is 2.13. The van der Waals surface area contributed by atoms with E-state index in [-0.39, 0.29) is 23.4 Å². The van der Waals surface area contributed by atoms with Crippen molar-refractivity contribution in [1.29, 1.82) is 0 Å². The summed E-state index contributed by atoms with van der Waals surface area (Å²) >= 11 is 0. The average Bonchev–Trinajstić information content (AvgIpc) is 2.85. The van der Waals surface area contributed by atoms with Gasteiger partial charge in [0.1, 0.15) is 11.5 Å². The molecule has 8 heteroatoms. The molecule has 0 spiro atoms. The third-order valence-electron chi connectivity index (χ3n) is 4.98. The van der Waals surface area contributed by atoms with Crippen LogP contribution in [0.1, 0.15) is 27.1 Å². The number of carboxylic acids is 1. The van der Waals surface area contributed by atoms with Crippen molar-refractivity contribution in [2.45, 2.75) is 6.42 Å². The number of carbonyl (C=O) groups is 2. The zero-order valence-electron chi connectivity index (χ0n) is 18.1. The van der Waals surface area contributed by atoms with Gasteiger partial charge in [0.25, 0.3) is 5.91 Å². The maximum atomic E-state index is 12.5. The van der Waals surface area contributed by atoms with E-state index in [9.17, 15) is 14.7 Å². The van der Waals surface area contributed by atoms with Crippen LogP contribution in [-0.2, 0) is 0 Å². The molecule has 0 aliphatic heterocycles. The molecule has 0 saturated heterocycles. The molecule has 0 fully saturated rings. The van der Waals surface area contributed by atoms with Gasteiger partial charge in [-0.1, -0.05) is 24.3 Å². The van der Waals surface area contributed by atoms with Crippen LogP contribution in [0.15, 0.2) is 79.0 Å². The molecule has 34 heavy (non-hydrogen) atoms. The molecule has 3 aromatic carbocycles. The van der Waals surface area contributed by atoms with Crippen molar-refractivity contribution in [3.63, 3.8) is 0 Å². The van der Waals surface area contributed by atoms with Crippen molar-refractivity contribution in [2.75, 3.05) is 18.5 Å². The van der Waals surface area contributed by atoms with E-state index in [0.717, 1.165) is 16.5 Å². The predicted octanol–water partition coefficient (Wildman–Crippen LogP) is 4.74. The Balaban J connectivity index is 1.42. The number of anilines is 1. The van der Waals surface area contributed by atoms with Crippen molar-refractivity contribution in [1.82, 2.24) is 4.98 Å². The molecule has 0 radical (unpaired) electrons. The van der Waals surface area contributed by atoms with Crippen LogP contribution in [0.4, 0.5) is 5.69 Å². The molecule has 3 N–H and O–H groups in total. The first-order chi connectivity index (χ1) is 16.5. The number of aliphatic hydroxyl groups excluding tert-OH is 1. The molecule has 0 aliphatic rings. The summed E-state index contributed by atoms with van der Waals surface area (Å²) in [6, 6.07) is 20.6. The van der Waals surface area contributed by atoms with Gasteiger partial charge in [0.2, 0.25) is 5.88 Å². The number of nitrogens with one attached hydrogen (secondary N) is 1. The van der Waals surface area contributed by atoms with Crippen LogP contribution in [0.3, 0.4) is 0 Å². The van der Waals surface area contributed by atoms with Gasteiger partial charge in [-0.25, -0.2) is 9.78 Å². The number of rotatable bonds is 9. The molecule has 4 rings (SSSR count). The standard InChI is InChI=1S/C26H22N2O6/c29-12-3-13-33-20-9-6-18-15-21(10-7-17(18)14-20)34-24-11-8-19(16-27-24)25(30)28-23-5-2-1-4-22(23)26(31)32/h1-2,4-11,14-16,29H,3,12-13H2,(H,28,30)(H,31,32). The number of pyridine rings is 1. The summed E-state index contributed by atoms with van der Waals surface area (Å²) in [6.45, 7) is 0.543. The van der Waals surface area contributed by atoms with E-state index in [2.05, 4.69) is 10.3 Å². The SMILES string of the molecule is O=C(Nc1ccccc1C(=O)O)c1ccc(Oc2ccc3cc(OCCCO)ccc3c2)nc1. The number of benzene rings is 3. The van der Waals surface area contributed by atoms with Crippen LogP contribution in [0.2, 0.25) is 0 Å². The Hall–Kier alpha value is -4.43. The van der Waals surface area contributed by atoms with Crippen LogP contribution >= 0.6 is 0 Å². The fourth-order valence-corrected chi connectivity index (χ4v) is 3.28. The van der Waals surface area contributed by atoms with Gasteiger partial charge in [-0.15, -0.1) is 0 Å². The third kappa shape index (κ3) is 5.48. The smallest absolute Gasteiger partial charge is 0.337 e. The molecule has 0 atom stereocenters. The lowest BCUT2D eigenvalue weighted by molar-refractivity contribution is 0.0698. The molecular weight excluding hydrogens is 436 g/mol. The van der Waals surface area contributed by atoms with Crippen molar-refractivity contribution >= 4 is 28.3 Å². The number of aromatic nitrogens is 1. The largest absolute Gasteiger partial charge is 0.493 e. The van der Waals surface area contributed by atoms with E-state index >= 15 is 0 Å². The zero-order valence-corrected chi connectivity index (χ0v) is 18.1. The van der Waals surface area contributed by atoms with Crippen LogP contribution in [0.25, 0.3) is 10.8 Å². The van der Waals surface area contributed by atoms with Gasteiger partial charge in [0.05, 0.1) is 23.4 Å². The Bertz CT molecular complexity index is 1320. The lowest BCUT2D eigenvalue weighted by atomic mass is 10.1. The lowest BCUT2D eigenvalue weighted by Crippen LogP contribution is -2.15. The first-order valence-corrected chi connectivity index (χ1v) is 10.6. The first-order valence-electron chi connectivity index (χ1n) is 10.6. The minimum absolute atomic E-state index is 0.00362. The molecule has 1 heterocycles. The van der Waals surface area contributed by atoms with Gasteiger partial charge in [0.15, 0.2) is 0 Å². The maximum absolute atomic E-state index is 12.5. The molecular formula is C26H22N2O6. The number of carboxylic acid groups (broad SMARTS) is 1. The number of nitrogens with zero attached hydrogens (tertiary/aromatic N) is 1. The van der Waals surface area contributed by atoms with Gasteiger partial charge < -0.3 is 25.0 Å². The maximum Gasteiger partial charge on any atom is 0.337 e. The number of aliphatic hydroxyl groups is 1. The molecule has 0 saturated carbocycles. The summed E-state index contributed by atoms with van der Waals surface area (Å²) in [6.07, 6.45) is 1.94. The number of carbonyl (C=O) groups excluding carboxylic acids is 1. The quantitative estimate of drug-likeness (QED) is 0.310. The summed E-state index contributed by atoms with van der Waals surface area (Å²) in [5, 5.41) is 22.6. The van der Waals surface area contributed by atoms with E-state index in [1.54, 1.807) is 24.3 Å². The summed E-state index contributed by atoms with van der Waals surface area (Å²) in [7, 11) is 0. The van der Waals surface area contributed by atoms with Crippen LogP contribution in [-0.4, -0.2) is 40.3 Å². The molecule has 0 unspecified atom stereocenters. The molecule has 8 nitrogen and oxygen atoms in total. The number of aromatic carboxylic acids is 1. The Labute approximate surface area is 195 Å². The topological polar surface area (TPSA) is 118 Å². The summed E-state index contributed by atoms with van der Waals surface area (Å²) in [5.41, 5.74) is 0.474. The highest BCUT2D eigenvalue weighted by Crippen LogP contribution is 2.27. The Morgan fingerprint density at radius 1 is 0.912 bits per heavy atom. The number of hydrogen-bond donors (Lipinski definition) is 3. The molecule has 1 aromatic heterocycles. The number of para-hydroxylation sites is 1. The molecule has 0 bridgehead atoms. The summed E-state index contributed by atoms with van der Waals surface area (Å²) < 4.78 is 11.4. The van der Waals surface area contributed by atoms with Crippen LogP contribution in [0.5, 0.6) is 17.4 Å². The Morgan fingerprint density at radius 2 is 1.65 bits per heavy atom. The van der Waals surface area contributed by atoms with E-state index in [1.807, 2.05) is 36.4 Å². The van der Waals surface area contributed by atoms with Crippen molar-refractivity contribution < 1.29 is 29.3 Å². The molecule has 172 valence electrons. The summed E-state index contributed by atoms with van der Waals surface area (Å²) in [5.74, 6) is 0.0255. The minimum Gasteiger partial charge on any atom is -0.493 e. The van der Waals surface area contributed by atoms with Gasteiger partial charge in [-0.3, -0.25) is 4.79 Å². The fraction of sp³-hybridized carbons (Fsp3) is 0.115. The molecule has 1 amide bonds. The second-order valence-corrected chi connectivity index (χ2v) is 7.39. The highest BCUT2D eigenvalue weighted by atomic mass is 16.5. The van der Waals surface area contributed by atoms with Gasteiger partial charge in [0, 0.05) is 25.3 Å². The number of hydrogen-bond acceptors (Lipinski definition) is 6. The third-order valence-corrected chi connectivity index (χ3v) is 4.98. The van der Waals surface area contributed by atoms with Gasteiger partial charge >= 0.3 is 5.97 Å². The van der Waals surface area contributed by atoms with E-state index < -0.39 is 11.9 Å². The van der Waals surface area contributed by atoms with Crippen molar-refractivity contribution in [3.05, 3.63) is 90.1 Å².